The van der Waals surface area contributed by atoms with Crippen LogP contribution in [0.3, 0.4) is 0 Å². The SMILES string of the molecule is Cc1ccc(-n2c([C@@H](C)NCCN(C)C)nc3ccccc3c2=O)cc1C. The van der Waals surface area contributed by atoms with Gasteiger partial charge in [0.05, 0.1) is 22.6 Å². The molecule has 3 rings (SSSR count). The van der Waals surface area contributed by atoms with Crippen LogP contribution in [0.5, 0.6) is 0 Å². The Kier molecular flexibility index (Phi) is 5.73. The van der Waals surface area contributed by atoms with Crippen LogP contribution in [0.2, 0.25) is 0 Å². The Morgan fingerprint density at radius 2 is 1.85 bits per heavy atom. The molecule has 0 aliphatic rings. The molecule has 2 aromatic carbocycles. The number of aromatic nitrogens is 2. The number of fused-ring (bicyclic) bond motifs is 1. The molecule has 1 aromatic heterocycles. The smallest absolute Gasteiger partial charge is 0.266 e. The van der Waals surface area contributed by atoms with Gasteiger partial charge in [-0.25, -0.2) is 4.98 Å². The number of rotatable bonds is 6. The van der Waals surface area contributed by atoms with Crippen LogP contribution in [-0.4, -0.2) is 41.6 Å². The van der Waals surface area contributed by atoms with Crippen molar-refractivity contribution < 1.29 is 0 Å². The first-order valence-corrected chi connectivity index (χ1v) is 9.36. The molecule has 5 heteroatoms. The molecule has 3 aromatic rings. The van der Waals surface area contributed by atoms with Crippen molar-refractivity contribution in [2.45, 2.75) is 26.8 Å². The van der Waals surface area contributed by atoms with Crippen LogP contribution < -0.4 is 10.9 Å². The summed E-state index contributed by atoms with van der Waals surface area (Å²) in [7, 11) is 4.09. The van der Waals surface area contributed by atoms with Gasteiger partial charge in [0, 0.05) is 13.1 Å². The number of nitrogens with zero attached hydrogens (tertiary/aromatic N) is 3. The lowest BCUT2D eigenvalue weighted by Crippen LogP contribution is -2.33. The van der Waals surface area contributed by atoms with E-state index in [1.54, 1.807) is 4.57 Å². The van der Waals surface area contributed by atoms with E-state index in [-0.39, 0.29) is 11.6 Å². The van der Waals surface area contributed by atoms with Crippen LogP contribution in [0.4, 0.5) is 0 Å². The number of aryl methyl sites for hydroxylation is 2. The Labute approximate surface area is 160 Å². The van der Waals surface area contributed by atoms with Gasteiger partial charge < -0.3 is 10.2 Å². The highest BCUT2D eigenvalue weighted by atomic mass is 16.1. The molecule has 5 nitrogen and oxygen atoms in total. The normalized spacial score (nSPS) is 12.7. The molecule has 1 N–H and O–H groups in total. The number of nitrogens with one attached hydrogen (secondary N) is 1. The molecular weight excluding hydrogens is 336 g/mol. The molecule has 1 heterocycles. The van der Waals surface area contributed by atoms with E-state index in [1.807, 2.05) is 44.4 Å². The van der Waals surface area contributed by atoms with Crippen molar-refractivity contribution in [3.8, 4) is 5.69 Å². The highest BCUT2D eigenvalue weighted by Gasteiger charge is 2.18. The highest BCUT2D eigenvalue weighted by Crippen LogP contribution is 2.20. The van der Waals surface area contributed by atoms with Gasteiger partial charge in [-0.3, -0.25) is 9.36 Å². The highest BCUT2D eigenvalue weighted by molar-refractivity contribution is 5.77. The largest absolute Gasteiger partial charge is 0.308 e. The number of hydrogen-bond donors (Lipinski definition) is 1. The molecule has 0 radical (unpaired) electrons. The standard InChI is InChI=1S/C22H28N4O/c1-15-10-11-18(14-16(15)2)26-21(17(3)23-12-13-25(4)5)24-20-9-7-6-8-19(20)22(26)27/h6-11,14,17,23H,12-13H2,1-5H3/t17-/m1/s1. The minimum absolute atomic E-state index is 0.0277. The number of likely N-dealkylation sites (N-methyl/N-ethyl adjacent to an activating group) is 1. The fourth-order valence-corrected chi connectivity index (χ4v) is 3.15. The van der Waals surface area contributed by atoms with Crippen LogP contribution in [0, 0.1) is 13.8 Å². The van der Waals surface area contributed by atoms with Crippen LogP contribution in [-0.2, 0) is 0 Å². The predicted molar refractivity (Wildman–Crippen MR) is 112 cm³/mol. The molecule has 0 fully saturated rings. The molecule has 142 valence electrons. The van der Waals surface area contributed by atoms with E-state index < -0.39 is 0 Å². The molecule has 0 unspecified atom stereocenters. The van der Waals surface area contributed by atoms with Crippen molar-refractivity contribution in [2.24, 2.45) is 0 Å². The van der Waals surface area contributed by atoms with E-state index in [1.165, 1.54) is 5.56 Å². The second-order valence-corrected chi connectivity index (χ2v) is 7.38. The minimum Gasteiger partial charge on any atom is -0.308 e. The Hall–Kier alpha value is -2.50. The Morgan fingerprint density at radius 3 is 2.56 bits per heavy atom. The topological polar surface area (TPSA) is 50.2 Å². The molecule has 0 bridgehead atoms. The van der Waals surface area contributed by atoms with Gasteiger partial charge in [0.25, 0.3) is 5.56 Å². The first-order chi connectivity index (χ1) is 12.9. The third kappa shape index (κ3) is 4.10. The Bertz CT molecular complexity index is 1010. The van der Waals surface area contributed by atoms with Crippen molar-refractivity contribution in [1.82, 2.24) is 19.8 Å². The van der Waals surface area contributed by atoms with Crippen LogP contribution in [0.25, 0.3) is 16.6 Å². The predicted octanol–water partition coefficient (Wildman–Crippen LogP) is 3.21. The fourth-order valence-electron chi connectivity index (χ4n) is 3.15. The van der Waals surface area contributed by atoms with Gasteiger partial charge in [-0.15, -0.1) is 0 Å². The van der Waals surface area contributed by atoms with Crippen LogP contribution in [0.1, 0.15) is 29.9 Å². The number of para-hydroxylation sites is 1. The minimum atomic E-state index is -0.0520. The molecule has 0 saturated heterocycles. The van der Waals surface area contributed by atoms with Crippen molar-refractivity contribution >= 4 is 10.9 Å². The van der Waals surface area contributed by atoms with Crippen molar-refractivity contribution in [1.29, 1.82) is 0 Å². The first-order valence-electron chi connectivity index (χ1n) is 9.36. The summed E-state index contributed by atoms with van der Waals surface area (Å²) in [6, 6.07) is 13.6. The van der Waals surface area contributed by atoms with Gasteiger partial charge in [0.1, 0.15) is 5.82 Å². The van der Waals surface area contributed by atoms with E-state index in [9.17, 15) is 4.79 Å². The van der Waals surface area contributed by atoms with Gasteiger partial charge in [-0.1, -0.05) is 18.2 Å². The third-order valence-corrected chi connectivity index (χ3v) is 4.95. The Balaban J connectivity index is 2.15. The van der Waals surface area contributed by atoms with E-state index in [0.29, 0.717) is 5.39 Å². The summed E-state index contributed by atoms with van der Waals surface area (Å²) >= 11 is 0. The average Bonchev–Trinajstić information content (AvgIpc) is 2.63. The molecule has 0 aliphatic carbocycles. The van der Waals surface area contributed by atoms with Gasteiger partial charge in [0.2, 0.25) is 0 Å². The maximum absolute atomic E-state index is 13.3. The van der Waals surface area contributed by atoms with E-state index in [4.69, 9.17) is 4.98 Å². The summed E-state index contributed by atoms with van der Waals surface area (Å²) in [5.74, 6) is 0.737. The van der Waals surface area contributed by atoms with Crippen LogP contribution in [0.15, 0.2) is 47.3 Å². The lowest BCUT2D eigenvalue weighted by Gasteiger charge is -2.21. The van der Waals surface area contributed by atoms with Crippen molar-refractivity contribution in [3.05, 3.63) is 69.8 Å². The molecule has 27 heavy (non-hydrogen) atoms. The summed E-state index contributed by atoms with van der Waals surface area (Å²) in [5.41, 5.74) is 3.93. The zero-order valence-corrected chi connectivity index (χ0v) is 16.8. The summed E-state index contributed by atoms with van der Waals surface area (Å²) in [6.45, 7) is 7.95. The molecule has 0 amide bonds. The maximum Gasteiger partial charge on any atom is 0.266 e. The lowest BCUT2D eigenvalue weighted by molar-refractivity contribution is 0.385. The fraction of sp³-hybridized carbons (Fsp3) is 0.364. The van der Waals surface area contributed by atoms with Gasteiger partial charge in [-0.05, 0) is 70.3 Å². The number of benzene rings is 2. The van der Waals surface area contributed by atoms with Crippen molar-refractivity contribution in [3.63, 3.8) is 0 Å². The summed E-state index contributed by atoms with van der Waals surface area (Å²) < 4.78 is 1.75. The van der Waals surface area contributed by atoms with E-state index >= 15 is 0 Å². The zero-order valence-electron chi connectivity index (χ0n) is 16.8. The summed E-state index contributed by atoms with van der Waals surface area (Å²) in [5, 5.41) is 4.13. The number of hydrogen-bond acceptors (Lipinski definition) is 4. The van der Waals surface area contributed by atoms with Gasteiger partial charge in [-0.2, -0.15) is 0 Å². The van der Waals surface area contributed by atoms with E-state index in [0.717, 1.165) is 35.7 Å². The van der Waals surface area contributed by atoms with Gasteiger partial charge in [0.15, 0.2) is 0 Å². The second kappa shape index (κ2) is 8.03. The van der Waals surface area contributed by atoms with Crippen LogP contribution >= 0.6 is 0 Å². The molecular formula is C22H28N4O. The van der Waals surface area contributed by atoms with Gasteiger partial charge >= 0.3 is 0 Å². The molecule has 0 spiro atoms. The molecule has 0 aliphatic heterocycles. The average molecular weight is 364 g/mol. The molecule has 0 saturated carbocycles. The maximum atomic E-state index is 13.3. The quantitative estimate of drug-likeness (QED) is 0.730. The Morgan fingerprint density at radius 1 is 1.11 bits per heavy atom. The van der Waals surface area contributed by atoms with Crippen molar-refractivity contribution in [2.75, 3.05) is 27.2 Å². The summed E-state index contributed by atoms with van der Waals surface area (Å²) in [6.07, 6.45) is 0. The molecule has 1 atom stereocenters. The lowest BCUT2D eigenvalue weighted by atomic mass is 10.1. The zero-order chi connectivity index (χ0) is 19.6. The van der Waals surface area contributed by atoms with E-state index in [2.05, 4.69) is 43.1 Å². The third-order valence-electron chi connectivity index (χ3n) is 4.95. The second-order valence-electron chi connectivity index (χ2n) is 7.38. The first kappa shape index (κ1) is 19.3. The monoisotopic (exact) mass is 364 g/mol. The summed E-state index contributed by atoms with van der Waals surface area (Å²) in [4.78, 5) is 20.3.